The zero-order valence-corrected chi connectivity index (χ0v) is 12.8. The summed E-state index contributed by atoms with van der Waals surface area (Å²) >= 11 is 0. The van der Waals surface area contributed by atoms with Gasteiger partial charge < -0.3 is 9.64 Å². The lowest BCUT2D eigenvalue weighted by Gasteiger charge is -2.28. The molecule has 0 radical (unpaired) electrons. The Labute approximate surface area is 124 Å². The molecule has 0 spiro atoms. The summed E-state index contributed by atoms with van der Waals surface area (Å²) in [5.41, 5.74) is 0.291. The molecule has 0 saturated carbocycles. The van der Waals surface area contributed by atoms with Gasteiger partial charge in [-0.3, -0.25) is 9.59 Å². The zero-order valence-electron chi connectivity index (χ0n) is 12.8. The van der Waals surface area contributed by atoms with Gasteiger partial charge in [0, 0.05) is 18.2 Å². The summed E-state index contributed by atoms with van der Waals surface area (Å²) in [5.74, 6) is -1.05. The molecule has 0 heterocycles. The van der Waals surface area contributed by atoms with Crippen LogP contribution in [0.2, 0.25) is 0 Å². The van der Waals surface area contributed by atoms with E-state index in [1.165, 1.54) is 18.2 Å². The Bertz CT molecular complexity index is 490. The predicted molar refractivity (Wildman–Crippen MR) is 78.4 cm³/mol. The molecule has 1 amide bonds. The van der Waals surface area contributed by atoms with Gasteiger partial charge in [0.05, 0.1) is 13.0 Å². The smallest absolute Gasteiger partial charge is 0.307 e. The maximum atomic E-state index is 13.2. The van der Waals surface area contributed by atoms with Crippen LogP contribution in [-0.4, -0.2) is 36.0 Å². The second kappa shape index (κ2) is 8.39. The maximum absolute atomic E-state index is 13.2. The summed E-state index contributed by atoms with van der Waals surface area (Å²) in [6.07, 6.45) is 0.892. The first-order valence-electron chi connectivity index (χ1n) is 7.21. The Morgan fingerprint density at radius 1 is 1.33 bits per heavy atom. The van der Waals surface area contributed by atoms with Crippen LogP contribution in [0, 0.1) is 5.82 Å². The van der Waals surface area contributed by atoms with Gasteiger partial charge in [-0.15, -0.1) is 0 Å². The third-order valence-electron chi connectivity index (χ3n) is 3.32. The lowest BCUT2D eigenvalue weighted by molar-refractivity contribution is -0.143. The molecule has 0 fully saturated rings. The summed E-state index contributed by atoms with van der Waals surface area (Å²) < 4.78 is 18.1. The van der Waals surface area contributed by atoms with E-state index in [-0.39, 0.29) is 30.9 Å². The highest BCUT2D eigenvalue weighted by atomic mass is 19.1. The molecule has 1 atom stereocenters. The summed E-state index contributed by atoms with van der Waals surface area (Å²) in [5, 5.41) is 0. The molecule has 5 heteroatoms. The molecule has 1 aromatic carbocycles. The number of rotatable bonds is 7. The van der Waals surface area contributed by atoms with Gasteiger partial charge in [0.2, 0.25) is 0 Å². The summed E-state index contributed by atoms with van der Waals surface area (Å²) in [7, 11) is 0. The molecule has 0 aliphatic heterocycles. The maximum Gasteiger partial charge on any atom is 0.307 e. The first kappa shape index (κ1) is 17.1. The minimum atomic E-state index is -0.449. The van der Waals surface area contributed by atoms with Gasteiger partial charge in [0.25, 0.3) is 5.91 Å². The number of hydrogen-bond acceptors (Lipinski definition) is 3. The van der Waals surface area contributed by atoms with E-state index in [4.69, 9.17) is 4.74 Å². The highest BCUT2D eigenvalue weighted by Crippen LogP contribution is 2.13. The minimum Gasteiger partial charge on any atom is -0.466 e. The monoisotopic (exact) mass is 295 g/mol. The van der Waals surface area contributed by atoms with E-state index in [2.05, 4.69) is 0 Å². The largest absolute Gasteiger partial charge is 0.466 e. The SMILES string of the molecule is CCOC(=O)CCN(C(=O)c1cccc(F)c1)C(C)CC. The van der Waals surface area contributed by atoms with E-state index in [9.17, 15) is 14.0 Å². The molecule has 0 bridgehead atoms. The van der Waals surface area contributed by atoms with E-state index in [0.717, 1.165) is 6.42 Å². The number of carbonyl (C=O) groups is 2. The van der Waals surface area contributed by atoms with Crippen LogP contribution in [0.15, 0.2) is 24.3 Å². The highest BCUT2D eigenvalue weighted by molar-refractivity contribution is 5.94. The fourth-order valence-corrected chi connectivity index (χ4v) is 1.97. The average Bonchev–Trinajstić information content (AvgIpc) is 2.47. The van der Waals surface area contributed by atoms with Crippen molar-refractivity contribution < 1.29 is 18.7 Å². The van der Waals surface area contributed by atoms with E-state index < -0.39 is 5.82 Å². The number of ether oxygens (including phenoxy) is 1. The molecule has 1 unspecified atom stereocenters. The van der Waals surface area contributed by atoms with Crippen molar-refractivity contribution in [3.8, 4) is 0 Å². The third kappa shape index (κ3) is 5.17. The lowest BCUT2D eigenvalue weighted by atomic mass is 10.1. The number of benzene rings is 1. The molecule has 0 N–H and O–H groups in total. The standard InChI is InChI=1S/C16H22FNO3/c1-4-12(3)18(10-9-15(19)21-5-2)16(20)13-7-6-8-14(17)11-13/h6-8,11-12H,4-5,9-10H2,1-3H3. The Kier molecular flexibility index (Phi) is 6.85. The quantitative estimate of drug-likeness (QED) is 0.726. The molecule has 0 aliphatic rings. The van der Waals surface area contributed by atoms with Crippen LogP contribution in [0.1, 0.15) is 44.0 Å². The number of esters is 1. The number of amides is 1. The Hall–Kier alpha value is -1.91. The van der Waals surface area contributed by atoms with Crippen molar-refractivity contribution in [3.63, 3.8) is 0 Å². The van der Waals surface area contributed by atoms with Crippen LogP contribution >= 0.6 is 0 Å². The summed E-state index contributed by atoms with van der Waals surface area (Å²) in [6, 6.07) is 5.55. The van der Waals surface area contributed by atoms with Crippen LogP contribution in [-0.2, 0) is 9.53 Å². The van der Waals surface area contributed by atoms with E-state index >= 15 is 0 Å². The van der Waals surface area contributed by atoms with Crippen molar-refractivity contribution in [2.24, 2.45) is 0 Å². The van der Waals surface area contributed by atoms with Crippen molar-refractivity contribution in [1.29, 1.82) is 0 Å². The van der Waals surface area contributed by atoms with Crippen molar-refractivity contribution in [1.82, 2.24) is 4.90 Å². The van der Waals surface area contributed by atoms with Crippen molar-refractivity contribution in [2.75, 3.05) is 13.2 Å². The van der Waals surface area contributed by atoms with Crippen LogP contribution in [0.4, 0.5) is 4.39 Å². The van der Waals surface area contributed by atoms with Gasteiger partial charge in [0.15, 0.2) is 0 Å². The summed E-state index contributed by atoms with van der Waals surface area (Å²) in [4.78, 5) is 25.5. The Morgan fingerprint density at radius 3 is 2.62 bits per heavy atom. The van der Waals surface area contributed by atoms with Crippen molar-refractivity contribution in [3.05, 3.63) is 35.6 Å². The Balaban J connectivity index is 2.82. The average molecular weight is 295 g/mol. The van der Waals surface area contributed by atoms with Crippen LogP contribution in [0.5, 0.6) is 0 Å². The Morgan fingerprint density at radius 2 is 2.05 bits per heavy atom. The molecular weight excluding hydrogens is 273 g/mol. The fourth-order valence-electron chi connectivity index (χ4n) is 1.97. The first-order chi connectivity index (χ1) is 9.99. The van der Waals surface area contributed by atoms with Gasteiger partial charge >= 0.3 is 5.97 Å². The number of hydrogen-bond donors (Lipinski definition) is 0. The molecule has 0 aromatic heterocycles. The lowest BCUT2D eigenvalue weighted by Crippen LogP contribution is -2.40. The number of carbonyl (C=O) groups excluding carboxylic acids is 2. The second-order valence-corrected chi connectivity index (χ2v) is 4.82. The van der Waals surface area contributed by atoms with Crippen LogP contribution in [0.25, 0.3) is 0 Å². The molecule has 21 heavy (non-hydrogen) atoms. The van der Waals surface area contributed by atoms with Crippen molar-refractivity contribution >= 4 is 11.9 Å². The molecule has 116 valence electrons. The summed E-state index contributed by atoms with van der Waals surface area (Å²) in [6.45, 7) is 6.19. The van der Waals surface area contributed by atoms with Gasteiger partial charge in [0.1, 0.15) is 5.82 Å². The molecule has 4 nitrogen and oxygen atoms in total. The van der Waals surface area contributed by atoms with Crippen LogP contribution in [0.3, 0.4) is 0 Å². The molecule has 1 rings (SSSR count). The first-order valence-corrected chi connectivity index (χ1v) is 7.21. The second-order valence-electron chi connectivity index (χ2n) is 4.82. The number of halogens is 1. The molecular formula is C16H22FNO3. The number of nitrogens with zero attached hydrogens (tertiary/aromatic N) is 1. The van der Waals surface area contributed by atoms with E-state index in [1.54, 1.807) is 17.9 Å². The van der Waals surface area contributed by atoms with Gasteiger partial charge in [-0.2, -0.15) is 0 Å². The highest BCUT2D eigenvalue weighted by Gasteiger charge is 2.21. The predicted octanol–water partition coefficient (Wildman–Crippen LogP) is 3.02. The van der Waals surface area contributed by atoms with Gasteiger partial charge in [-0.1, -0.05) is 13.0 Å². The topological polar surface area (TPSA) is 46.6 Å². The van der Waals surface area contributed by atoms with E-state index in [0.29, 0.717) is 12.2 Å². The minimum absolute atomic E-state index is 0.0322. The normalized spacial score (nSPS) is 11.8. The third-order valence-corrected chi connectivity index (χ3v) is 3.32. The van der Waals surface area contributed by atoms with Gasteiger partial charge in [-0.05, 0) is 38.5 Å². The fraction of sp³-hybridized carbons (Fsp3) is 0.500. The van der Waals surface area contributed by atoms with E-state index in [1.807, 2.05) is 13.8 Å². The molecule has 0 aliphatic carbocycles. The van der Waals surface area contributed by atoms with Crippen molar-refractivity contribution in [2.45, 2.75) is 39.7 Å². The van der Waals surface area contributed by atoms with Gasteiger partial charge in [-0.25, -0.2) is 4.39 Å². The molecule has 1 aromatic rings. The van der Waals surface area contributed by atoms with Crippen LogP contribution < -0.4 is 0 Å². The molecule has 0 saturated heterocycles. The zero-order chi connectivity index (χ0) is 15.8.